The number of sulfonamides is 1. The van der Waals surface area contributed by atoms with Gasteiger partial charge in [0.15, 0.2) is 11.6 Å². The molecule has 0 saturated carbocycles. The Bertz CT molecular complexity index is 1050. The predicted molar refractivity (Wildman–Crippen MR) is 95.7 cm³/mol. The van der Waals surface area contributed by atoms with Crippen molar-refractivity contribution in [1.82, 2.24) is 4.72 Å². The van der Waals surface area contributed by atoms with Crippen molar-refractivity contribution in [2.24, 2.45) is 5.92 Å². The van der Waals surface area contributed by atoms with Crippen LogP contribution in [0, 0.1) is 23.4 Å². The Labute approximate surface area is 168 Å². The van der Waals surface area contributed by atoms with Crippen LogP contribution in [0.15, 0.2) is 41.3 Å². The smallest absolute Gasteiger partial charge is 0.322 e. The molecule has 30 heavy (non-hydrogen) atoms. The number of carbonyl (C=O) groups excluding carboxylic acids is 1. The summed E-state index contributed by atoms with van der Waals surface area (Å²) in [7, 11) is -4.77. The molecule has 12 heteroatoms. The Morgan fingerprint density at radius 1 is 0.933 bits per heavy atom. The number of hydrogen-bond acceptors (Lipinski definition) is 3. The summed E-state index contributed by atoms with van der Waals surface area (Å²) in [6, 6.07) is 1.71. The normalized spacial score (nSPS) is 13.4. The number of halogens is 6. The first-order valence-corrected chi connectivity index (χ1v) is 9.85. The minimum absolute atomic E-state index is 0.248. The molecule has 0 aromatic heterocycles. The van der Waals surface area contributed by atoms with Crippen LogP contribution in [0.4, 0.5) is 32.0 Å². The molecule has 1 atom stereocenters. The molecule has 0 radical (unpaired) electrons. The van der Waals surface area contributed by atoms with Crippen LogP contribution < -0.4 is 10.0 Å². The quantitative estimate of drug-likeness (QED) is 0.642. The van der Waals surface area contributed by atoms with Crippen LogP contribution in [0.1, 0.15) is 24.2 Å². The average Bonchev–Trinajstić information content (AvgIpc) is 2.62. The number of anilines is 1. The van der Waals surface area contributed by atoms with Crippen molar-refractivity contribution >= 4 is 21.6 Å². The first-order valence-electron chi connectivity index (χ1n) is 8.37. The van der Waals surface area contributed by atoms with Gasteiger partial charge in [0.25, 0.3) is 5.91 Å². The molecule has 1 amide bonds. The van der Waals surface area contributed by atoms with Gasteiger partial charge in [-0.3, -0.25) is 4.79 Å². The zero-order valence-corrected chi connectivity index (χ0v) is 16.3. The van der Waals surface area contributed by atoms with Crippen LogP contribution in [0.2, 0.25) is 0 Å². The van der Waals surface area contributed by atoms with Crippen LogP contribution >= 0.6 is 0 Å². The molecule has 164 valence electrons. The minimum atomic E-state index is -4.88. The maximum atomic E-state index is 14.0. The molecule has 0 fully saturated rings. The van der Waals surface area contributed by atoms with E-state index >= 15 is 0 Å². The highest BCUT2D eigenvalue weighted by atomic mass is 32.2. The van der Waals surface area contributed by atoms with Crippen molar-refractivity contribution in [3.05, 3.63) is 59.4 Å². The fourth-order valence-electron chi connectivity index (χ4n) is 2.43. The second-order valence-corrected chi connectivity index (χ2v) is 8.32. The van der Waals surface area contributed by atoms with Gasteiger partial charge in [-0.05, 0) is 36.2 Å². The lowest BCUT2D eigenvalue weighted by atomic mass is 10.1. The lowest BCUT2D eigenvalue weighted by Gasteiger charge is -2.24. The predicted octanol–water partition coefficient (Wildman–Crippen LogP) is 4.22. The van der Waals surface area contributed by atoms with Crippen LogP contribution in [-0.2, 0) is 10.0 Å². The third-order valence-corrected chi connectivity index (χ3v) is 5.41. The largest absolute Gasteiger partial charge is 0.405 e. The maximum Gasteiger partial charge on any atom is 0.405 e. The van der Waals surface area contributed by atoms with E-state index in [1.807, 2.05) is 5.32 Å². The second-order valence-electron chi connectivity index (χ2n) is 6.61. The summed E-state index contributed by atoms with van der Waals surface area (Å²) < 4.78 is 106. The van der Waals surface area contributed by atoms with Gasteiger partial charge < -0.3 is 5.32 Å². The average molecular weight is 454 g/mol. The number of carbonyl (C=O) groups is 1. The molecule has 0 aliphatic carbocycles. The molecule has 0 aliphatic heterocycles. The zero-order chi connectivity index (χ0) is 22.9. The van der Waals surface area contributed by atoms with Crippen molar-refractivity contribution in [2.75, 3.05) is 5.32 Å². The Kier molecular flexibility index (Phi) is 6.82. The minimum Gasteiger partial charge on any atom is -0.322 e. The summed E-state index contributed by atoms with van der Waals surface area (Å²) in [4.78, 5) is 11.5. The number of hydrogen-bond donors (Lipinski definition) is 2. The van der Waals surface area contributed by atoms with Crippen molar-refractivity contribution < 1.29 is 39.6 Å². The van der Waals surface area contributed by atoms with Gasteiger partial charge in [-0.1, -0.05) is 13.8 Å². The first-order chi connectivity index (χ1) is 13.7. The van der Waals surface area contributed by atoms with E-state index in [0.717, 1.165) is 19.9 Å². The molecule has 0 unspecified atom stereocenters. The van der Waals surface area contributed by atoms with E-state index in [0.29, 0.717) is 30.3 Å². The molecule has 2 N–H and O–H groups in total. The zero-order valence-electron chi connectivity index (χ0n) is 15.5. The number of benzene rings is 2. The molecular formula is C18H16F6N2O3S. The van der Waals surface area contributed by atoms with Crippen molar-refractivity contribution in [3.63, 3.8) is 0 Å². The first kappa shape index (κ1) is 23.7. The molecule has 2 aromatic carbocycles. The molecule has 2 aromatic rings. The van der Waals surface area contributed by atoms with Crippen LogP contribution in [-0.4, -0.2) is 26.5 Å². The molecule has 2 rings (SSSR count). The number of amides is 1. The van der Waals surface area contributed by atoms with Crippen LogP contribution in [0.3, 0.4) is 0 Å². The molecule has 0 spiro atoms. The van der Waals surface area contributed by atoms with Crippen LogP contribution in [0.5, 0.6) is 0 Å². The van der Waals surface area contributed by atoms with Gasteiger partial charge in [0.05, 0.1) is 10.5 Å². The van der Waals surface area contributed by atoms with Gasteiger partial charge in [-0.15, -0.1) is 0 Å². The van der Waals surface area contributed by atoms with Gasteiger partial charge >= 0.3 is 6.18 Å². The molecule has 5 nitrogen and oxygen atoms in total. The lowest BCUT2D eigenvalue weighted by Crippen LogP contribution is -2.48. The van der Waals surface area contributed by atoms with Crippen molar-refractivity contribution in [1.29, 1.82) is 0 Å². The summed E-state index contributed by atoms with van der Waals surface area (Å²) in [5.41, 5.74) is -1.07. The molecule has 0 saturated heterocycles. The van der Waals surface area contributed by atoms with E-state index in [2.05, 4.69) is 0 Å². The summed E-state index contributed by atoms with van der Waals surface area (Å²) in [6.45, 7) is 2.32. The highest BCUT2D eigenvalue weighted by molar-refractivity contribution is 7.89. The summed E-state index contributed by atoms with van der Waals surface area (Å²) in [6.07, 6.45) is -4.88. The highest BCUT2D eigenvalue weighted by Crippen LogP contribution is 2.27. The molecule has 0 heterocycles. The van der Waals surface area contributed by atoms with E-state index < -0.39 is 62.0 Å². The molecule has 0 aliphatic rings. The Hall–Kier alpha value is -2.60. The second kappa shape index (κ2) is 8.64. The Morgan fingerprint density at radius 3 is 2.07 bits per heavy atom. The van der Waals surface area contributed by atoms with E-state index in [1.165, 1.54) is 4.72 Å². The third kappa shape index (κ3) is 5.51. The standard InChI is InChI=1S/C18H16F6N2O3S/c1-9(2)16(18(22,23)24)26-30(28,29)11-4-6-13(19)12(8-11)17(27)25-10-3-5-14(20)15(21)7-10/h3-9,16,26H,1-2H3,(H,25,27)/t16-/m0/s1. The topological polar surface area (TPSA) is 75.3 Å². The Balaban J connectivity index is 2.35. The van der Waals surface area contributed by atoms with Gasteiger partial charge in [0.1, 0.15) is 11.9 Å². The summed E-state index contributed by atoms with van der Waals surface area (Å²) in [5, 5.41) is 2.05. The molecular weight excluding hydrogens is 438 g/mol. The van der Waals surface area contributed by atoms with Gasteiger partial charge in [0, 0.05) is 11.8 Å². The fraction of sp³-hybridized carbons (Fsp3) is 0.278. The highest BCUT2D eigenvalue weighted by Gasteiger charge is 2.44. The SMILES string of the molecule is CC(C)[C@H](NS(=O)(=O)c1ccc(F)c(C(=O)Nc2ccc(F)c(F)c2)c1)C(F)(F)F. The summed E-state index contributed by atoms with van der Waals surface area (Å²) in [5.74, 6) is -6.02. The maximum absolute atomic E-state index is 14.0. The number of alkyl halides is 3. The van der Waals surface area contributed by atoms with Gasteiger partial charge in [0.2, 0.25) is 10.0 Å². The summed E-state index contributed by atoms with van der Waals surface area (Å²) >= 11 is 0. The molecule has 0 bridgehead atoms. The van der Waals surface area contributed by atoms with Gasteiger partial charge in [-0.25, -0.2) is 21.6 Å². The van der Waals surface area contributed by atoms with Crippen molar-refractivity contribution in [3.8, 4) is 0 Å². The number of nitrogens with one attached hydrogen (secondary N) is 2. The van der Waals surface area contributed by atoms with E-state index in [-0.39, 0.29) is 5.69 Å². The van der Waals surface area contributed by atoms with Gasteiger partial charge in [-0.2, -0.15) is 17.9 Å². The van der Waals surface area contributed by atoms with Crippen LogP contribution in [0.25, 0.3) is 0 Å². The fourth-order valence-corrected chi connectivity index (χ4v) is 3.83. The van der Waals surface area contributed by atoms with Crippen molar-refractivity contribution in [2.45, 2.75) is 31.0 Å². The lowest BCUT2D eigenvalue weighted by molar-refractivity contribution is -0.160. The Morgan fingerprint density at radius 2 is 1.53 bits per heavy atom. The third-order valence-electron chi connectivity index (χ3n) is 3.97. The monoisotopic (exact) mass is 454 g/mol. The number of rotatable bonds is 6. The van der Waals surface area contributed by atoms with E-state index in [1.54, 1.807) is 0 Å². The van der Waals surface area contributed by atoms with E-state index in [9.17, 15) is 39.6 Å². The van der Waals surface area contributed by atoms with E-state index in [4.69, 9.17) is 0 Å².